The second-order valence-corrected chi connectivity index (χ2v) is 5.34. The Labute approximate surface area is 137 Å². The summed E-state index contributed by atoms with van der Waals surface area (Å²) in [5.74, 6) is 0.517. The molecule has 1 aromatic carbocycles. The number of amides is 1. The third-order valence-corrected chi connectivity index (χ3v) is 3.44. The lowest BCUT2D eigenvalue weighted by molar-refractivity contribution is 0.0932. The van der Waals surface area contributed by atoms with Crippen molar-refractivity contribution in [2.24, 2.45) is 0 Å². The van der Waals surface area contributed by atoms with Gasteiger partial charge < -0.3 is 9.84 Å². The summed E-state index contributed by atoms with van der Waals surface area (Å²) in [6, 6.07) is 10.1. The zero-order valence-electron chi connectivity index (χ0n) is 12.2. The van der Waals surface area contributed by atoms with Gasteiger partial charge in [-0.3, -0.25) is 9.78 Å². The lowest BCUT2D eigenvalue weighted by Crippen LogP contribution is -2.26. The van der Waals surface area contributed by atoms with Crippen molar-refractivity contribution in [2.45, 2.75) is 13.0 Å². The van der Waals surface area contributed by atoms with Crippen LogP contribution in [0.4, 0.5) is 0 Å². The number of aromatic nitrogens is 3. The molecule has 1 atom stereocenters. The molecule has 3 rings (SSSR count). The molecule has 0 unspecified atom stereocenters. The number of hydrogen-bond donors (Lipinski definition) is 1. The number of pyridine rings is 1. The normalized spacial score (nSPS) is 11.9. The Kier molecular flexibility index (Phi) is 4.34. The maximum absolute atomic E-state index is 12.1. The molecule has 0 aliphatic rings. The molecule has 7 heteroatoms. The van der Waals surface area contributed by atoms with Crippen LogP contribution in [0.3, 0.4) is 0 Å². The summed E-state index contributed by atoms with van der Waals surface area (Å²) in [5.41, 5.74) is 1.26. The Balaban J connectivity index is 1.72. The van der Waals surface area contributed by atoms with Gasteiger partial charge in [-0.1, -0.05) is 16.8 Å². The molecule has 0 aliphatic carbocycles. The molecule has 1 N–H and O–H groups in total. The van der Waals surface area contributed by atoms with Gasteiger partial charge in [0.2, 0.25) is 11.7 Å². The van der Waals surface area contributed by atoms with Crippen molar-refractivity contribution in [3.8, 4) is 11.4 Å². The minimum atomic E-state index is -0.420. The molecule has 0 spiro atoms. The van der Waals surface area contributed by atoms with E-state index in [0.29, 0.717) is 22.3 Å². The van der Waals surface area contributed by atoms with Crippen LogP contribution in [-0.2, 0) is 0 Å². The molecule has 116 valence electrons. The maximum Gasteiger partial charge on any atom is 0.253 e. The highest BCUT2D eigenvalue weighted by molar-refractivity contribution is 6.30. The van der Waals surface area contributed by atoms with Crippen LogP contribution in [-0.4, -0.2) is 21.0 Å². The van der Waals surface area contributed by atoms with Gasteiger partial charge in [0.25, 0.3) is 5.91 Å². The Morgan fingerprint density at radius 1 is 1.26 bits per heavy atom. The second-order valence-electron chi connectivity index (χ2n) is 4.90. The van der Waals surface area contributed by atoms with Crippen LogP contribution in [0.25, 0.3) is 11.4 Å². The highest BCUT2D eigenvalue weighted by Crippen LogP contribution is 2.20. The third-order valence-electron chi connectivity index (χ3n) is 3.19. The van der Waals surface area contributed by atoms with E-state index in [9.17, 15) is 4.79 Å². The van der Waals surface area contributed by atoms with Crippen molar-refractivity contribution >= 4 is 17.5 Å². The van der Waals surface area contributed by atoms with Gasteiger partial charge in [-0.15, -0.1) is 0 Å². The predicted octanol–water partition coefficient (Wildman–Crippen LogP) is 3.28. The fraction of sp³-hybridized carbons (Fsp3) is 0.125. The monoisotopic (exact) mass is 328 g/mol. The van der Waals surface area contributed by atoms with Crippen LogP contribution in [0.5, 0.6) is 0 Å². The highest BCUT2D eigenvalue weighted by Gasteiger charge is 2.18. The Morgan fingerprint density at radius 3 is 2.74 bits per heavy atom. The first-order valence-electron chi connectivity index (χ1n) is 6.94. The lowest BCUT2D eigenvalue weighted by Gasteiger charge is -2.09. The predicted molar refractivity (Wildman–Crippen MR) is 84.9 cm³/mol. The van der Waals surface area contributed by atoms with E-state index in [-0.39, 0.29) is 5.91 Å². The van der Waals surface area contributed by atoms with Gasteiger partial charge in [0.1, 0.15) is 6.04 Å². The molecule has 0 bridgehead atoms. The summed E-state index contributed by atoms with van der Waals surface area (Å²) in [7, 11) is 0. The minimum Gasteiger partial charge on any atom is -0.340 e. The quantitative estimate of drug-likeness (QED) is 0.795. The first-order valence-corrected chi connectivity index (χ1v) is 7.32. The van der Waals surface area contributed by atoms with E-state index < -0.39 is 6.04 Å². The van der Waals surface area contributed by atoms with Gasteiger partial charge in [-0.2, -0.15) is 4.98 Å². The van der Waals surface area contributed by atoms with Crippen LogP contribution < -0.4 is 5.32 Å². The van der Waals surface area contributed by atoms with Gasteiger partial charge in [0.05, 0.1) is 5.56 Å². The first-order chi connectivity index (χ1) is 11.1. The Bertz CT molecular complexity index is 802. The van der Waals surface area contributed by atoms with Crippen molar-refractivity contribution in [2.75, 3.05) is 0 Å². The summed E-state index contributed by atoms with van der Waals surface area (Å²) in [4.78, 5) is 20.3. The smallest absolute Gasteiger partial charge is 0.253 e. The van der Waals surface area contributed by atoms with E-state index in [1.54, 1.807) is 49.5 Å². The number of halogens is 1. The summed E-state index contributed by atoms with van der Waals surface area (Å²) in [6.07, 6.45) is 3.10. The largest absolute Gasteiger partial charge is 0.340 e. The molecule has 3 aromatic rings. The lowest BCUT2D eigenvalue weighted by atomic mass is 10.2. The van der Waals surface area contributed by atoms with E-state index in [4.69, 9.17) is 16.1 Å². The molecule has 0 aliphatic heterocycles. The van der Waals surface area contributed by atoms with Crippen LogP contribution in [0, 0.1) is 0 Å². The number of carbonyl (C=O) groups excluding carboxylic acids is 1. The minimum absolute atomic E-state index is 0.253. The van der Waals surface area contributed by atoms with Crippen molar-refractivity contribution in [1.29, 1.82) is 0 Å². The molecular formula is C16H13ClN4O2. The molecule has 0 saturated carbocycles. The highest BCUT2D eigenvalue weighted by atomic mass is 35.5. The average Bonchev–Trinajstić information content (AvgIpc) is 3.06. The first kappa shape index (κ1) is 15.2. The van der Waals surface area contributed by atoms with E-state index in [2.05, 4.69) is 20.4 Å². The number of nitrogens with zero attached hydrogens (tertiary/aromatic N) is 3. The van der Waals surface area contributed by atoms with Gasteiger partial charge in [0.15, 0.2) is 0 Å². The van der Waals surface area contributed by atoms with E-state index in [1.807, 2.05) is 0 Å². The number of hydrogen-bond acceptors (Lipinski definition) is 5. The van der Waals surface area contributed by atoms with Crippen LogP contribution in [0.15, 0.2) is 53.3 Å². The Hall–Kier alpha value is -2.73. The summed E-state index contributed by atoms with van der Waals surface area (Å²) >= 11 is 5.85. The zero-order chi connectivity index (χ0) is 16.2. The topological polar surface area (TPSA) is 80.9 Å². The molecule has 0 radical (unpaired) electrons. The molecule has 1 amide bonds. The SMILES string of the molecule is C[C@H](NC(=O)c1cccnc1)c1nc(-c2ccc(Cl)cc2)no1. The fourth-order valence-corrected chi connectivity index (χ4v) is 2.09. The second kappa shape index (κ2) is 6.58. The molecule has 2 heterocycles. The molecule has 23 heavy (non-hydrogen) atoms. The van der Waals surface area contributed by atoms with Gasteiger partial charge in [0, 0.05) is 23.0 Å². The summed E-state index contributed by atoms with van der Waals surface area (Å²) in [5, 5.41) is 7.35. The molecule has 0 saturated heterocycles. The van der Waals surface area contributed by atoms with E-state index in [0.717, 1.165) is 5.56 Å². The molecule has 0 fully saturated rings. The van der Waals surface area contributed by atoms with Crippen molar-refractivity contribution in [3.05, 3.63) is 65.3 Å². The molecule has 6 nitrogen and oxygen atoms in total. The number of rotatable bonds is 4. The Morgan fingerprint density at radius 2 is 2.04 bits per heavy atom. The standard InChI is InChI=1S/C16H13ClN4O2/c1-10(19-15(22)12-3-2-8-18-9-12)16-20-14(21-23-16)11-4-6-13(17)7-5-11/h2-10H,1H3,(H,19,22)/t10-/m0/s1. The van der Waals surface area contributed by atoms with Gasteiger partial charge >= 0.3 is 0 Å². The van der Waals surface area contributed by atoms with Crippen LogP contribution in [0.1, 0.15) is 29.2 Å². The van der Waals surface area contributed by atoms with Gasteiger partial charge in [-0.05, 0) is 43.3 Å². The average molecular weight is 329 g/mol. The van der Waals surface area contributed by atoms with Crippen molar-refractivity contribution in [1.82, 2.24) is 20.4 Å². The van der Waals surface area contributed by atoms with Crippen molar-refractivity contribution in [3.63, 3.8) is 0 Å². The number of nitrogens with one attached hydrogen (secondary N) is 1. The summed E-state index contributed by atoms with van der Waals surface area (Å²) < 4.78 is 5.22. The third kappa shape index (κ3) is 3.54. The van der Waals surface area contributed by atoms with Crippen LogP contribution >= 0.6 is 11.6 Å². The zero-order valence-corrected chi connectivity index (χ0v) is 13.0. The van der Waals surface area contributed by atoms with E-state index in [1.165, 1.54) is 6.20 Å². The fourth-order valence-electron chi connectivity index (χ4n) is 1.97. The maximum atomic E-state index is 12.1. The summed E-state index contributed by atoms with van der Waals surface area (Å²) in [6.45, 7) is 1.77. The molecule has 2 aromatic heterocycles. The number of carbonyl (C=O) groups is 1. The van der Waals surface area contributed by atoms with Gasteiger partial charge in [-0.25, -0.2) is 0 Å². The number of benzene rings is 1. The van der Waals surface area contributed by atoms with Crippen molar-refractivity contribution < 1.29 is 9.32 Å². The van der Waals surface area contributed by atoms with Crippen LogP contribution in [0.2, 0.25) is 5.02 Å². The van der Waals surface area contributed by atoms with E-state index >= 15 is 0 Å². The molecular weight excluding hydrogens is 316 g/mol.